The van der Waals surface area contributed by atoms with E-state index in [1.165, 1.54) is 5.56 Å². The molecule has 0 aliphatic carbocycles. The number of piperazine rings is 1. The molecule has 2 aromatic rings. The molecule has 2 aliphatic rings. The van der Waals surface area contributed by atoms with Gasteiger partial charge >= 0.3 is 0 Å². The minimum Gasteiger partial charge on any atom is -0.394 e. The van der Waals surface area contributed by atoms with Gasteiger partial charge in [0.2, 0.25) is 5.91 Å². The predicted molar refractivity (Wildman–Crippen MR) is 183 cm³/mol. The third kappa shape index (κ3) is 8.57. The first-order chi connectivity index (χ1) is 22.1. The summed E-state index contributed by atoms with van der Waals surface area (Å²) in [4.78, 5) is 28.4. The second-order valence-electron chi connectivity index (χ2n) is 14.8. The lowest BCUT2D eigenvalue weighted by atomic mass is 9.76. The van der Waals surface area contributed by atoms with Crippen molar-refractivity contribution in [3.63, 3.8) is 0 Å². The zero-order valence-electron chi connectivity index (χ0n) is 29.0. The van der Waals surface area contributed by atoms with Crippen molar-refractivity contribution < 1.29 is 34.8 Å². The van der Waals surface area contributed by atoms with Crippen LogP contribution >= 0.6 is 0 Å². The molecule has 2 saturated heterocycles. The molecule has 0 aromatic heterocycles. The van der Waals surface area contributed by atoms with Crippen molar-refractivity contribution in [1.82, 2.24) is 10.2 Å². The summed E-state index contributed by atoms with van der Waals surface area (Å²) in [5, 5.41) is 44.4. The molecule has 2 aliphatic heterocycles. The SMILES string of the molecule is Cc1cc(C(C)C)c(Cc2ccc(/C=C/C(C)(C)C(=O)CC(C)(C)C(=O)N3CCNCC3)cc2)cc1[C@@H]1O[C@H](CO)[C@H](O)[C@H](O)[C@@H]1O. The highest BCUT2D eigenvalue weighted by Gasteiger charge is 2.44. The lowest BCUT2D eigenvalue weighted by Gasteiger charge is -2.41. The van der Waals surface area contributed by atoms with E-state index in [4.69, 9.17) is 4.74 Å². The number of amides is 1. The van der Waals surface area contributed by atoms with E-state index in [2.05, 4.69) is 37.4 Å². The summed E-state index contributed by atoms with van der Waals surface area (Å²) in [6.07, 6.45) is -1.39. The number of aliphatic hydroxyl groups excluding tert-OH is 4. The number of carbonyl (C=O) groups excluding carboxylic acids is 2. The van der Waals surface area contributed by atoms with Crippen LogP contribution in [0.15, 0.2) is 42.5 Å². The highest BCUT2D eigenvalue weighted by atomic mass is 16.5. The first-order valence-electron chi connectivity index (χ1n) is 16.8. The van der Waals surface area contributed by atoms with Crippen LogP contribution in [0.5, 0.6) is 0 Å². The summed E-state index contributed by atoms with van der Waals surface area (Å²) in [6.45, 7) is 16.1. The number of ketones is 1. The van der Waals surface area contributed by atoms with Gasteiger partial charge in [0.25, 0.3) is 0 Å². The van der Waals surface area contributed by atoms with Crippen molar-refractivity contribution in [2.24, 2.45) is 10.8 Å². The number of Topliss-reactive ketones (excluding diaryl/α,β-unsaturated/α-hetero) is 1. The quantitative estimate of drug-likeness (QED) is 0.248. The van der Waals surface area contributed by atoms with Crippen molar-refractivity contribution in [2.45, 2.75) is 97.7 Å². The van der Waals surface area contributed by atoms with Gasteiger partial charge in [0.15, 0.2) is 0 Å². The van der Waals surface area contributed by atoms with Gasteiger partial charge in [0.1, 0.15) is 36.3 Å². The Morgan fingerprint density at radius 1 is 1.00 bits per heavy atom. The summed E-state index contributed by atoms with van der Waals surface area (Å²) in [5.41, 5.74) is 4.37. The fraction of sp³-hybridized carbons (Fsp3) is 0.579. The largest absolute Gasteiger partial charge is 0.394 e. The van der Waals surface area contributed by atoms with Crippen molar-refractivity contribution in [3.05, 3.63) is 75.9 Å². The number of rotatable bonds is 11. The molecule has 0 radical (unpaired) electrons. The summed E-state index contributed by atoms with van der Waals surface area (Å²) in [5.74, 6) is 0.290. The Labute approximate surface area is 279 Å². The van der Waals surface area contributed by atoms with Crippen LogP contribution in [0.1, 0.15) is 93.4 Å². The second-order valence-corrected chi connectivity index (χ2v) is 14.8. The molecule has 0 bridgehead atoms. The minimum atomic E-state index is -1.44. The van der Waals surface area contributed by atoms with Gasteiger partial charge in [-0.15, -0.1) is 0 Å². The molecule has 0 spiro atoms. The Hall–Kier alpha value is -2.92. The van der Waals surface area contributed by atoms with E-state index in [1.807, 2.05) is 69.9 Å². The zero-order chi connectivity index (χ0) is 34.7. The van der Waals surface area contributed by atoms with E-state index in [-0.39, 0.29) is 24.0 Å². The fourth-order valence-electron chi connectivity index (χ4n) is 6.51. The second kappa shape index (κ2) is 15.1. The number of aryl methyl sites for hydroxylation is 1. The van der Waals surface area contributed by atoms with E-state index >= 15 is 0 Å². The summed E-state index contributed by atoms with van der Waals surface area (Å²) in [6, 6.07) is 12.2. The Kier molecular flexibility index (Phi) is 11.9. The van der Waals surface area contributed by atoms with Gasteiger partial charge in [-0.05, 0) is 66.5 Å². The Morgan fingerprint density at radius 2 is 1.64 bits per heavy atom. The molecule has 5 atom stereocenters. The van der Waals surface area contributed by atoms with Gasteiger partial charge in [-0.3, -0.25) is 9.59 Å². The van der Waals surface area contributed by atoms with Gasteiger partial charge in [0.05, 0.1) is 12.0 Å². The molecule has 2 fully saturated rings. The van der Waals surface area contributed by atoms with Crippen LogP contribution in [0, 0.1) is 17.8 Å². The average molecular weight is 651 g/mol. The van der Waals surface area contributed by atoms with Crippen LogP contribution in [-0.4, -0.2) is 94.2 Å². The number of aliphatic hydroxyl groups is 4. The molecular weight excluding hydrogens is 596 g/mol. The smallest absolute Gasteiger partial charge is 0.228 e. The number of hydrogen-bond acceptors (Lipinski definition) is 8. The van der Waals surface area contributed by atoms with Gasteiger partial charge in [-0.25, -0.2) is 0 Å². The molecule has 258 valence electrons. The van der Waals surface area contributed by atoms with E-state index in [1.54, 1.807) is 0 Å². The van der Waals surface area contributed by atoms with Crippen LogP contribution < -0.4 is 5.32 Å². The number of nitrogens with zero attached hydrogens (tertiary/aromatic N) is 1. The average Bonchev–Trinajstić information content (AvgIpc) is 3.04. The molecule has 2 heterocycles. The zero-order valence-corrected chi connectivity index (χ0v) is 29.0. The monoisotopic (exact) mass is 650 g/mol. The molecule has 5 N–H and O–H groups in total. The standard InChI is InChI=1S/C38H54N2O7/c1-23(2)28-18-24(3)29(35-34(45)33(44)32(43)30(22-41)47-35)20-27(28)19-26-10-8-25(9-11-26)12-13-37(4,5)31(42)21-38(6,7)36(46)40-16-14-39-15-17-40/h8-13,18,20,23,30,32-35,39,41,43-45H,14-17,19,21-22H2,1-7H3/b13-12+/t30-,32+,33+,34+,35+/m1/s1. The molecule has 1 amide bonds. The molecule has 4 rings (SSSR count). The van der Waals surface area contributed by atoms with Crippen molar-refractivity contribution in [3.8, 4) is 0 Å². The normalized spacial score (nSPS) is 24.3. The summed E-state index contributed by atoms with van der Waals surface area (Å²) >= 11 is 0. The highest BCUT2D eigenvalue weighted by Crippen LogP contribution is 2.37. The topological polar surface area (TPSA) is 140 Å². The maximum atomic E-state index is 13.4. The molecular formula is C38H54N2O7. The molecule has 2 aromatic carbocycles. The predicted octanol–water partition coefficient (Wildman–Crippen LogP) is 3.68. The Bertz CT molecular complexity index is 1420. The number of carbonyl (C=O) groups is 2. The van der Waals surface area contributed by atoms with Crippen LogP contribution in [0.25, 0.3) is 6.08 Å². The lowest BCUT2D eigenvalue weighted by molar-refractivity contribution is -0.231. The molecule has 9 heteroatoms. The van der Waals surface area contributed by atoms with E-state index in [0.717, 1.165) is 35.3 Å². The third-order valence-corrected chi connectivity index (χ3v) is 9.72. The third-order valence-electron chi connectivity index (χ3n) is 9.72. The molecule has 0 unspecified atom stereocenters. The van der Waals surface area contributed by atoms with Gasteiger partial charge in [-0.2, -0.15) is 0 Å². The first-order valence-corrected chi connectivity index (χ1v) is 16.8. The lowest BCUT2D eigenvalue weighted by Crippen LogP contribution is -2.55. The van der Waals surface area contributed by atoms with Gasteiger partial charge in [-0.1, -0.05) is 76.2 Å². The molecule has 47 heavy (non-hydrogen) atoms. The van der Waals surface area contributed by atoms with Gasteiger partial charge in [0, 0.05) is 38.0 Å². The minimum absolute atomic E-state index is 0.0228. The highest BCUT2D eigenvalue weighted by molar-refractivity contribution is 5.93. The number of allylic oxidation sites excluding steroid dienone is 1. The number of hydrogen-bond donors (Lipinski definition) is 5. The van der Waals surface area contributed by atoms with Crippen LogP contribution in [-0.2, 0) is 20.7 Å². The van der Waals surface area contributed by atoms with Crippen molar-refractivity contribution in [2.75, 3.05) is 32.8 Å². The van der Waals surface area contributed by atoms with E-state index in [9.17, 15) is 30.0 Å². The van der Waals surface area contributed by atoms with Gasteiger partial charge < -0.3 is 35.4 Å². The van der Waals surface area contributed by atoms with Crippen LogP contribution in [0.3, 0.4) is 0 Å². The van der Waals surface area contributed by atoms with E-state index < -0.39 is 48.0 Å². The molecule has 9 nitrogen and oxygen atoms in total. The van der Waals surface area contributed by atoms with E-state index in [0.29, 0.717) is 25.1 Å². The van der Waals surface area contributed by atoms with Crippen molar-refractivity contribution in [1.29, 1.82) is 0 Å². The number of nitrogens with one attached hydrogen (secondary N) is 1. The van der Waals surface area contributed by atoms with Crippen LogP contribution in [0.2, 0.25) is 0 Å². The van der Waals surface area contributed by atoms with Crippen molar-refractivity contribution >= 4 is 17.8 Å². The Balaban J connectivity index is 1.48. The summed E-state index contributed by atoms with van der Waals surface area (Å²) in [7, 11) is 0. The molecule has 0 saturated carbocycles. The first kappa shape index (κ1) is 36.9. The maximum absolute atomic E-state index is 13.4. The fourth-order valence-corrected chi connectivity index (χ4v) is 6.51. The maximum Gasteiger partial charge on any atom is 0.228 e. The summed E-state index contributed by atoms with van der Waals surface area (Å²) < 4.78 is 5.89. The van der Waals surface area contributed by atoms with Crippen LogP contribution in [0.4, 0.5) is 0 Å². The number of benzene rings is 2. The number of ether oxygens (including phenoxy) is 1. The Morgan fingerprint density at radius 3 is 2.23 bits per heavy atom.